The van der Waals surface area contributed by atoms with Gasteiger partial charge in [0.1, 0.15) is 5.75 Å². The Labute approximate surface area is 136 Å². The summed E-state index contributed by atoms with van der Waals surface area (Å²) in [7, 11) is -4.23. The molecule has 0 aromatic heterocycles. The molecule has 0 amide bonds. The van der Waals surface area contributed by atoms with E-state index in [1.807, 2.05) is 0 Å². The molecular formula is C17H11F2NO3S. The number of phenolic OH excluding ortho intramolecular Hbond substituents is 1. The Morgan fingerprint density at radius 3 is 2.46 bits per heavy atom. The largest absolute Gasteiger partial charge is 0.507 e. The molecule has 0 fully saturated rings. The molecule has 0 atom stereocenters. The average molecular weight is 347 g/mol. The average Bonchev–Trinajstić information content (AvgIpc) is 2.56. The minimum Gasteiger partial charge on any atom is -0.507 e. The molecule has 3 aromatic carbocycles. The second-order valence-electron chi connectivity index (χ2n) is 5.00. The summed E-state index contributed by atoms with van der Waals surface area (Å²) in [4.78, 5) is -0.475. The van der Waals surface area contributed by atoms with Crippen molar-refractivity contribution in [3.63, 3.8) is 0 Å². The first-order valence-corrected chi connectivity index (χ1v) is 8.28. The Kier molecular flexibility index (Phi) is 4.02. The summed E-state index contributed by atoms with van der Waals surface area (Å²) < 4.78 is 53.9. The van der Waals surface area contributed by atoms with E-state index in [0.717, 1.165) is 17.7 Å². The van der Waals surface area contributed by atoms with Gasteiger partial charge in [0, 0.05) is 5.56 Å². The Morgan fingerprint density at radius 1 is 0.958 bits per heavy atom. The third-order valence-electron chi connectivity index (χ3n) is 3.46. The van der Waals surface area contributed by atoms with Gasteiger partial charge in [-0.1, -0.05) is 30.3 Å². The van der Waals surface area contributed by atoms with E-state index in [4.69, 9.17) is 0 Å². The zero-order valence-electron chi connectivity index (χ0n) is 12.1. The molecule has 0 spiro atoms. The number of rotatable bonds is 3. The summed E-state index contributed by atoms with van der Waals surface area (Å²) >= 11 is 0. The lowest BCUT2D eigenvalue weighted by Gasteiger charge is -2.05. The molecule has 0 heterocycles. The van der Waals surface area contributed by atoms with Gasteiger partial charge in [-0.2, -0.15) is 12.8 Å². The van der Waals surface area contributed by atoms with Crippen LogP contribution in [0.1, 0.15) is 5.56 Å². The summed E-state index contributed by atoms with van der Waals surface area (Å²) in [6.45, 7) is 0. The van der Waals surface area contributed by atoms with Gasteiger partial charge in [0.2, 0.25) is 0 Å². The normalized spacial score (nSPS) is 12.1. The van der Waals surface area contributed by atoms with Gasteiger partial charge in [-0.05, 0) is 35.0 Å². The van der Waals surface area contributed by atoms with Crippen molar-refractivity contribution in [3.05, 3.63) is 71.8 Å². The molecular weight excluding hydrogens is 336 g/mol. The lowest BCUT2D eigenvalue weighted by molar-refractivity contribution is 0.475. The number of hydrogen-bond acceptors (Lipinski definition) is 3. The zero-order chi connectivity index (χ0) is 17.3. The number of nitrogens with zero attached hydrogens (tertiary/aromatic N) is 1. The monoisotopic (exact) mass is 347 g/mol. The highest BCUT2D eigenvalue weighted by molar-refractivity contribution is 7.90. The molecule has 3 aromatic rings. The molecule has 0 radical (unpaired) electrons. The van der Waals surface area contributed by atoms with E-state index in [1.165, 1.54) is 6.07 Å². The highest BCUT2D eigenvalue weighted by atomic mass is 32.2. The van der Waals surface area contributed by atoms with Gasteiger partial charge in [0.25, 0.3) is 10.0 Å². The fourth-order valence-electron chi connectivity index (χ4n) is 2.24. The van der Waals surface area contributed by atoms with Crippen molar-refractivity contribution in [3.8, 4) is 5.75 Å². The first kappa shape index (κ1) is 16.1. The van der Waals surface area contributed by atoms with Gasteiger partial charge in [-0.15, -0.1) is 0 Å². The molecule has 7 heteroatoms. The van der Waals surface area contributed by atoms with Crippen LogP contribution in [0.3, 0.4) is 0 Å². The summed E-state index contributed by atoms with van der Waals surface area (Å²) in [5.74, 6) is -2.57. The number of fused-ring (bicyclic) bond motifs is 1. The molecule has 24 heavy (non-hydrogen) atoms. The molecule has 3 rings (SSSR count). The van der Waals surface area contributed by atoms with Crippen molar-refractivity contribution in [1.29, 1.82) is 0 Å². The van der Waals surface area contributed by atoms with Crippen molar-refractivity contribution < 1.29 is 22.3 Å². The predicted molar refractivity (Wildman–Crippen MR) is 86.8 cm³/mol. The van der Waals surface area contributed by atoms with Crippen molar-refractivity contribution >= 4 is 27.0 Å². The van der Waals surface area contributed by atoms with Crippen LogP contribution >= 0.6 is 0 Å². The quantitative estimate of drug-likeness (QED) is 0.736. The summed E-state index contributed by atoms with van der Waals surface area (Å²) in [6.07, 6.45) is 0.994. The summed E-state index contributed by atoms with van der Waals surface area (Å²) in [5.41, 5.74) is 0.222. The van der Waals surface area contributed by atoms with Gasteiger partial charge in [0.15, 0.2) is 11.6 Å². The minimum absolute atomic E-state index is 0.141. The molecule has 0 saturated heterocycles. The molecule has 0 aliphatic rings. The van der Waals surface area contributed by atoms with Gasteiger partial charge >= 0.3 is 0 Å². The molecule has 0 aliphatic heterocycles. The van der Waals surface area contributed by atoms with E-state index in [-0.39, 0.29) is 11.3 Å². The van der Waals surface area contributed by atoms with Crippen molar-refractivity contribution in [2.24, 2.45) is 4.40 Å². The maximum absolute atomic E-state index is 13.2. The Hall–Kier alpha value is -2.80. The minimum atomic E-state index is -4.23. The SMILES string of the molecule is O=S(=O)(/N=C/c1c(O)ccc2ccccc12)c1ccc(F)c(F)c1. The number of aromatic hydroxyl groups is 1. The molecule has 4 nitrogen and oxygen atoms in total. The molecule has 1 N–H and O–H groups in total. The van der Waals surface area contributed by atoms with Gasteiger partial charge in [-0.25, -0.2) is 8.78 Å². The van der Waals surface area contributed by atoms with E-state index < -0.39 is 26.6 Å². The number of benzene rings is 3. The standard InChI is InChI=1S/C17H11F2NO3S/c18-15-7-6-12(9-16(15)19)24(22,23)20-10-14-13-4-2-1-3-11(13)5-8-17(14)21/h1-10,21H/b20-10+. The van der Waals surface area contributed by atoms with E-state index in [2.05, 4.69) is 4.40 Å². The highest BCUT2D eigenvalue weighted by Gasteiger charge is 2.15. The number of halogens is 2. The van der Waals surface area contributed by atoms with Crippen LogP contribution in [0.2, 0.25) is 0 Å². The smallest absolute Gasteiger partial charge is 0.282 e. The Bertz CT molecular complexity index is 1060. The van der Waals surface area contributed by atoms with Crippen molar-refractivity contribution in [2.45, 2.75) is 4.90 Å². The van der Waals surface area contributed by atoms with Crippen LogP contribution in [0.5, 0.6) is 5.75 Å². The zero-order valence-corrected chi connectivity index (χ0v) is 13.0. The van der Waals surface area contributed by atoms with Crippen LogP contribution in [-0.2, 0) is 10.0 Å². The summed E-state index contributed by atoms with van der Waals surface area (Å²) in [6, 6.07) is 12.4. The number of sulfonamides is 1. The van der Waals surface area contributed by atoms with Gasteiger partial charge in [-0.3, -0.25) is 0 Å². The Balaban J connectivity index is 2.07. The van der Waals surface area contributed by atoms with Crippen molar-refractivity contribution in [2.75, 3.05) is 0 Å². The highest BCUT2D eigenvalue weighted by Crippen LogP contribution is 2.26. The molecule has 0 saturated carbocycles. The predicted octanol–water partition coefficient (Wildman–Crippen LogP) is 3.63. The third kappa shape index (κ3) is 2.98. The van der Waals surface area contributed by atoms with Crippen molar-refractivity contribution in [1.82, 2.24) is 0 Å². The second-order valence-corrected chi connectivity index (χ2v) is 6.64. The number of phenols is 1. The first-order chi connectivity index (χ1) is 11.4. The molecule has 122 valence electrons. The maximum Gasteiger partial charge on any atom is 0.282 e. The van der Waals surface area contributed by atoms with Crippen LogP contribution in [-0.4, -0.2) is 19.7 Å². The Morgan fingerprint density at radius 2 is 1.71 bits per heavy atom. The van der Waals surface area contributed by atoms with E-state index >= 15 is 0 Å². The van der Waals surface area contributed by atoms with Crippen LogP contribution < -0.4 is 0 Å². The van der Waals surface area contributed by atoms with E-state index in [1.54, 1.807) is 30.3 Å². The van der Waals surface area contributed by atoms with E-state index in [0.29, 0.717) is 17.5 Å². The molecule has 0 bridgehead atoms. The second kappa shape index (κ2) is 6.01. The molecule has 0 aliphatic carbocycles. The van der Waals surface area contributed by atoms with Crippen LogP contribution in [0, 0.1) is 11.6 Å². The molecule has 0 unspecified atom stereocenters. The fourth-order valence-corrected chi connectivity index (χ4v) is 3.10. The van der Waals surface area contributed by atoms with Crippen LogP contribution in [0.25, 0.3) is 10.8 Å². The lowest BCUT2D eigenvalue weighted by atomic mass is 10.0. The lowest BCUT2D eigenvalue weighted by Crippen LogP contribution is -2.00. The van der Waals surface area contributed by atoms with Gasteiger partial charge < -0.3 is 5.11 Å². The maximum atomic E-state index is 13.2. The third-order valence-corrected chi connectivity index (χ3v) is 4.69. The summed E-state index contributed by atoms with van der Waals surface area (Å²) in [5, 5.41) is 11.4. The van der Waals surface area contributed by atoms with Gasteiger partial charge in [0.05, 0.1) is 11.1 Å². The first-order valence-electron chi connectivity index (χ1n) is 6.84. The van der Waals surface area contributed by atoms with E-state index in [9.17, 15) is 22.3 Å². The van der Waals surface area contributed by atoms with Crippen LogP contribution in [0.15, 0.2) is 63.9 Å². The topological polar surface area (TPSA) is 66.7 Å². The van der Waals surface area contributed by atoms with Crippen LogP contribution in [0.4, 0.5) is 8.78 Å². The number of hydrogen-bond donors (Lipinski definition) is 1. The fraction of sp³-hybridized carbons (Fsp3) is 0.